The highest BCUT2D eigenvalue weighted by Crippen LogP contribution is 2.31. The van der Waals surface area contributed by atoms with Gasteiger partial charge in [0.05, 0.1) is 6.61 Å². The van der Waals surface area contributed by atoms with E-state index in [0.717, 1.165) is 12.5 Å². The first kappa shape index (κ1) is 16.5. The molecule has 3 heteroatoms. The van der Waals surface area contributed by atoms with Gasteiger partial charge in [-0.3, -0.25) is 4.79 Å². The molecule has 0 aromatic carbocycles. The van der Waals surface area contributed by atoms with E-state index in [9.17, 15) is 4.79 Å². The molecular weight excluding hydrogens is 238 g/mol. The van der Waals surface area contributed by atoms with Gasteiger partial charge < -0.3 is 9.64 Å². The molecule has 1 fully saturated rings. The highest BCUT2D eigenvalue weighted by molar-refractivity contribution is 5.69. The molecule has 0 spiro atoms. The summed E-state index contributed by atoms with van der Waals surface area (Å²) in [5.41, 5.74) is 0. The SMILES string of the molecule is CCOC(=O)C[C@H]1CC[C@H](CN(CC)C(C)C)CC1. The quantitative estimate of drug-likeness (QED) is 0.663. The molecule has 1 aliphatic carbocycles. The van der Waals surface area contributed by atoms with Crippen LogP contribution in [0.2, 0.25) is 0 Å². The van der Waals surface area contributed by atoms with Gasteiger partial charge >= 0.3 is 5.97 Å². The van der Waals surface area contributed by atoms with Gasteiger partial charge in [0.25, 0.3) is 0 Å². The van der Waals surface area contributed by atoms with Gasteiger partial charge in [0.2, 0.25) is 0 Å². The summed E-state index contributed by atoms with van der Waals surface area (Å²) in [6.45, 7) is 11.5. The minimum absolute atomic E-state index is 0.0108. The van der Waals surface area contributed by atoms with Gasteiger partial charge in [-0.15, -0.1) is 0 Å². The molecule has 0 unspecified atom stereocenters. The summed E-state index contributed by atoms with van der Waals surface area (Å²) in [7, 11) is 0. The van der Waals surface area contributed by atoms with E-state index in [4.69, 9.17) is 4.74 Å². The number of rotatable bonds is 7. The van der Waals surface area contributed by atoms with Crippen LogP contribution in [-0.2, 0) is 9.53 Å². The van der Waals surface area contributed by atoms with Crippen LogP contribution in [0.15, 0.2) is 0 Å². The Morgan fingerprint density at radius 2 is 1.74 bits per heavy atom. The first-order valence-corrected chi connectivity index (χ1v) is 7.96. The molecular formula is C16H31NO2. The van der Waals surface area contributed by atoms with Gasteiger partial charge in [0.1, 0.15) is 0 Å². The van der Waals surface area contributed by atoms with Crippen molar-refractivity contribution in [3.8, 4) is 0 Å². The minimum atomic E-state index is -0.0108. The van der Waals surface area contributed by atoms with Gasteiger partial charge in [-0.25, -0.2) is 0 Å². The first-order valence-electron chi connectivity index (χ1n) is 7.96. The Hall–Kier alpha value is -0.570. The smallest absolute Gasteiger partial charge is 0.306 e. The minimum Gasteiger partial charge on any atom is -0.466 e. The summed E-state index contributed by atoms with van der Waals surface area (Å²) in [5, 5.41) is 0. The van der Waals surface area contributed by atoms with E-state index in [-0.39, 0.29) is 5.97 Å². The van der Waals surface area contributed by atoms with Gasteiger partial charge in [0.15, 0.2) is 0 Å². The topological polar surface area (TPSA) is 29.5 Å². The summed E-state index contributed by atoms with van der Waals surface area (Å²) < 4.78 is 5.04. The van der Waals surface area contributed by atoms with Crippen LogP contribution >= 0.6 is 0 Å². The predicted molar refractivity (Wildman–Crippen MR) is 79.1 cm³/mol. The lowest BCUT2D eigenvalue weighted by Gasteiger charge is -2.33. The van der Waals surface area contributed by atoms with Crippen LogP contribution in [0, 0.1) is 11.8 Å². The van der Waals surface area contributed by atoms with Crippen LogP contribution in [0.5, 0.6) is 0 Å². The van der Waals surface area contributed by atoms with Crippen molar-refractivity contribution in [2.45, 2.75) is 65.8 Å². The number of carbonyl (C=O) groups is 1. The molecule has 1 rings (SSSR count). The van der Waals surface area contributed by atoms with Gasteiger partial charge in [-0.1, -0.05) is 6.92 Å². The zero-order chi connectivity index (χ0) is 14.3. The molecule has 0 amide bonds. The fourth-order valence-electron chi connectivity index (χ4n) is 3.11. The molecule has 0 atom stereocenters. The van der Waals surface area contributed by atoms with Crippen molar-refractivity contribution < 1.29 is 9.53 Å². The third-order valence-electron chi connectivity index (χ3n) is 4.36. The Morgan fingerprint density at radius 1 is 1.16 bits per heavy atom. The van der Waals surface area contributed by atoms with Crippen LogP contribution < -0.4 is 0 Å². The zero-order valence-electron chi connectivity index (χ0n) is 13.2. The lowest BCUT2D eigenvalue weighted by Crippen LogP contribution is -2.36. The predicted octanol–water partition coefficient (Wildman–Crippen LogP) is 3.48. The number of hydrogen-bond donors (Lipinski definition) is 0. The highest BCUT2D eigenvalue weighted by Gasteiger charge is 2.25. The Labute approximate surface area is 118 Å². The van der Waals surface area contributed by atoms with E-state index >= 15 is 0 Å². The standard InChI is InChI=1S/C16H31NO2/c1-5-17(13(3)4)12-15-9-7-14(8-10-15)11-16(18)19-6-2/h13-15H,5-12H2,1-4H3/t14-,15-. The Kier molecular flexibility index (Phi) is 7.44. The molecule has 0 aromatic heterocycles. The number of carbonyl (C=O) groups excluding carboxylic acids is 1. The lowest BCUT2D eigenvalue weighted by atomic mass is 9.80. The summed E-state index contributed by atoms with van der Waals surface area (Å²) in [6.07, 6.45) is 5.56. The van der Waals surface area contributed by atoms with Gasteiger partial charge in [0, 0.05) is 19.0 Å². The van der Waals surface area contributed by atoms with E-state index in [0.29, 0.717) is 25.0 Å². The van der Waals surface area contributed by atoms with Crippen molar-refractivity contribution in [2.24, 2.45) is 11.8 Å². The van der Waals surface area contributed by atoms with E-state index in [2.05, 4.69) is 25.7 Å². The zero-order valence-corrected chi connectivity index (χ0v) is 13.2. The molecule has 1 saturated carbocycles. The maximum atomic E-state index is 11.5. The maximum absolute atomic E-state index is 11.5. The second kappa shape index (κ2) is 8.57. The Bertz CT molecular complexity index is 257. The second-order valence-corrected chi connectivity index (χ2v) is 6.08. The molecule has 0 aliphatic heterocycles. The first-order chi connectivity index (χ1) is 9.06. The third-order valence-corrected chi connectivity index (χ3v) is 4.36. The van der Waals surface area contributed by atoms with Crippen molar-refractivity contribution in [1.29, 1.82) is 0 Å². The van der Waals surface area contributed by atoms with Crippen LogP contribution in [0.4, 0.5) is 0 Å². The molecule has 0 N–H and O–H groups in total. The fraction of sp³-hybridized carbons (Fsp3) is 0.938. The van der Waals surface area contributed by atoms with E-state index < -0.39 is 0 Å². The van der Waals surface area contributed by atoms with Crippen LogP contribution in [0.25, 0.3) is 0 Å². The third kappa shape index (κ3) is 5.94. The van der Waals surface area contributed by atoms with Crippen molar-refractivity contribution in [3.63, 3.8) is 0 Å². The van der Waals surface area contributed by atoms with Crippen LogP contribution in [-0.4, -0.2) is 36.6 Å². The number of nitrogens with zero attached hydrogens (tertiary/aromatic N) is 1. The highest BCUT2D eigenvalue weighted by atomic mass is 16.5. The summed E-state index contributed by atoms with van der Waals surface area (Å²) in [4.78, 5) is 14.0. The largest absolute Gasteiger partial charge is 0.466 e. The Morgan fingerprint density at radius 3 is 2.21 bits per heavy atom. The van der Waals surface area contributed by atoms with Gasteiger partial charge in [-0.05, 0) is 64.8 Å². The summed E-state index contributed by atoms with van der Waals surface area (Å²) in [6, 6.07) is 0.641. The maximum Gasteiger partial charge on any atom is 0.306 e. The fourth-order valence-corrected chi connectivity index (χ4v) is 3.11. The van der Waals surface area contributed by atoms with Crippen molar-refractivity contribution >= 4 is 5.97 Å². The average molecular weight is 269 g/mol. The molecule has 0 heterocycles. The van der Waals surface area contributed by atoms with Gasteiger partial charge in [-0.2, -0.15) is 0 Å². The lowest BCUT2D eigenvalue weighted by molar-refractivity contribution is -0.144. The molecule has 0 bridgehead atoms. The Balaban J connectivity index is 2.26. The van der Waals surface area contributed by atoms with E-state index in [1.165, 1.54) is 32.2 Å². The molecule has 19 heavy (non-hydrogen) atoms. The van der Waals surface area contributed by atoms with E-state index in [1.54, 1.807) is 0 Å². The number of ether oxygens (including phenoxy) is 1. The molecule has 0 radical (unpaired) electrons. The van der Waals surface area contributed by atoms with Crippen molar-refractivity contribution in [3.05, 3.63) is 0 Å². The molecule has 0 saturated heterocycles. The molecule has 112 valence electrons. The second-order valence-electron chi connectivity index (χ2n) is 6.08. The molecule has 1 aliphatic rings. The molecule has 3 nitrogen and oxygen atoms in total. The number of hydrogen-bond acceptors (Lipinski definition) is 3. The summed E-state index contributed by atoms with van der Waals surface area (Å²) in [5.74, 6) is 1.37. The summed E-state index contributed by atoms with van der Waals surface area (Å²) >= 11 is 0. The van der Waals surface area contributed by atoms with Crippen LogP contribution in [0.3, 0.4) is 0 Å². The average Bonchev–Trinajstić information content (AvgIpc) is 2.37. The number of esters is 1. The molecule has 0 aromatic rings. The van der Waals surface area contributed by atoms with Crippen molar-refractivity contribution in [1.82, 2.24) is 4.90 Å². The monoisotopic (exact) mass is 269 g/mol. The van der Waals surface area contributed by atoms with E-state index in [1.807, 2.05) is 6.92 Å². The van der Waals surface area contributed by atoms with Crippen molar-refractivity contribution in [2.75, 3.05) is 19.7 Å². The normalized spacial score (nSPS) is 23.9. The van der Waals surface area contributed by atoms with Crippen LogP contribution in [0.1, 0.15) is 59.8 Å².